The quantitative estimate of drug-likeness (QED) is 0.796. The number of pyridine rings is 1. The highest BCUT2D eigenvalue weighted by atomic mass is 15.3. The highest BCUT2D eigenvalue weighted by Gasteiger charge is 2.13. The van der Waals surface area contributed by atoms with Crippen molar-refractivity contribution >= 4 is 5.69 Å². The van der Waals surface area contributed by atoms with Crippen LogP contribution in [0.15, 0.2) is 48.9 Å². The van der Waals surface area contributed by atoms with E-state index >= 15 is 0 Å². The van der Waals surface area contributed by atoms with Gasteiger partial charge in [-0.1, -0.05) is 6.07 Å². The monoisotopic (exact) mass is 333 g/mol. The fraction of sp³-hybridized carbons (Fsp3) is 0.300. The lowest BCUT2D eigenvalue weighted by atomic mass is 9.99. The molecule has 0 spiro atoms. The Morgan fingerprint density at radius 3 is 2.92 bits per heavy atom. The third-order valence-corrected chi connectivity index (χ3v) is 4.73. The van der Waals surface area contributed by atoms with Crippen molar-refractivity contribution < 1.29 is 0 Å². The van der Waals surface area contributed by atoms with Crippen LogP contribution >= 0.6 is 0 Å². The molecule has 0 amide bonds. The standard InChI is InChI=1S/C20H23N5/c1-15-10-16(13-22-20(15)25-8-3-7-23-25)12-21-19-5-4-17-6-9-24(2)14-18(17)11-19/h3-5,7-8,10-11,13,21H,6,9,12,14H2,1-2H3. The molecule has 1 aliphatic heterocycles. The van der Waals surface area contributed by atoms with Gasteiger partial charge >= 0.3 is 0 Å². The Bertz CT molecular complexity index is 870. The molecule has 128 valence electrons. The van der Waals surface area contributed by atoms with Crippen LogP contribution in [-0.4, -0.2) is 33.3 Å². The van der Waals surface area contributed by atoms with E-state index in [1.165, 1.54) is 22.4 Å². The van der Waals surface area contributed by atoms with E-state index in [0.717, 1.165) is 37.4 Å². The number of fused-ring (bicyclic) bond motifs is 1. The van der Waals surface area contributed by atoms with E-state index in [1.807, 2.05) is 18.5 Å². The first-order valence-electron chi connectivity index (χ1n) is 8.69. The molecule has 25 heavy (non-hydrogen) atoms. The van der Waals surface area contributed by atoms with E-state index in [4.69, 9.17) is 0 Å². The van der Waals surface area contributed by atoms with E-state index < -0.39 is 0 Å². The van der Waals surface area contributed by atoms with Gasteiger partial charge in [0.05, 0.1) is 0 Å². The second kappa shape index (κ2) is 6.69. The molecule has 0 aliphatic carbocycles. The van der Waals surface area contributed by atoms with Gasteiger partial charge in [-0.15, -0.1) is 0 Å². The molecule has 3 aromatic rings. The number of rotatable bonds is 4. The second-order valence-corrected chi connectivity index (χ2v) is 6.76. The summed E-state index contributed by atoms with van der Waals surface area (Å²) in [6.45, 7) is 5.02. The molecule has 0 saturated carbocycles. The molecule has 0 atom stereocenters. The summed E-state index contributed by atoms with van der Waals surface area (Å²) in [6, 6.07) is 10.8. The Morgan fingerprint density at radius 2 is 2.12 bits per heavy atom. The van der Waals surface area contributed by atoms with Gasteiger partial charge in [-0.2, -0.15) is 5.10 Å². The van der Waals surface area contributed by atoms with Crippen LogP contribution < -0.4 is 5.32 Å². The molecule has 2 aromatic heterocycles. The van der Waals surface area contributed by atoms with E-state index in [0.29, 0.717) is 0 Å². The zero-order chi connectivity index (χ0) is 17.2. The first-order valence-corrected chi connectivity index (χ1v) is 8.69. The summed E-state index contributed by atoms with van der Waals surface area (Å²) in [4.78, 5) is 6.94. The normalized spacial score (nSPS) is 14.3. The molecular weight excluding hydrogens is 310 g/mol. The van der Waals surface area contributed by atoms with Crippen molar-refractivity contribution in [3.63, 3.8) is 0 Å². The van der Waals surface area contributed by atoms with Crippen LogP contribution in [0.5, 0.6) is 0 Å². The van der Waals surface area contributed by atoms with Crippen molar-refractivity contribution in [2.75, 3.05) is 18.9 Å². The molecule has 5 heteroatoms. The van der Waals surface area contributed by atoms with Crippen LogP contribution in [0.1, 0.15) is 22.3 Å². The van der Waals surface area contributed by atoms with Gasteiger partial charge in [0, 0.05) is 43.9 Å². The maximum absolute atomic E-state index is 4.57. The third-order valence-electron chi connectivity index (χ3n) is 4.73. The first kappa shape index (κ1) is 15.8. The zero-order valence-electron chi connectivity index (χ0n) is 14.7. The van der Waals surface area contributed by atoms with E-state index in [2.05, 4.69) is 58.5 Å². The predicted octanol–water partition coefficient (Wildman–Crippen LogP) is 3.18. The predicted molar refractivity (Wildman–Crippen MR) is 99.9 cm³/mol. The lowest BCUT2D eigenvalue weighted by molar-refractivity contribution is 0.313. The van der Waals surface area contributed by atoms with Gasteiger partial charge in [0.15, 0.2) is 5.82 Å². The summed E-state index contributed by atoms with van der Waals surface area (Å²) in [6.07, 6.45) is 6.74. The van der Waals surface area contributed by atoms with Gasteiger partial charge in [-0.25, -0.2) is 9.67 Å². The average molecular weight is 333 g/mol. The largest absolute Gasteiger partial charge is 0.381 e. The molecule has 0 unspecified atom stereocenters. The number of nitrogens with one attached hydrogen (secondary N) is 1. The highest BCUT2D eigenvalue weighted by Crippen LogP contribution is 2.22. The van der Waals surface area contributed by atoms with Crippen LogP contribution in [0.4, 0.5) is 5.69 Å². The molecule has 0 fully saturated rings. The molecule has 3 heterocycles. The van der Waals surface area contributed by atoms with Crippen LogP contribution in [0, 0.1) is 6.92 Å². The van der Waals surface area contributed by atoms with Crippen molar-refractivity contribution in [2.24, 2.45) is 0 Å². The molecule has 0 bridgehead atoms. The lowest BCUT2D eigenvalue weighted by Gasteiger charge is -2.25. The Kier molecular flexibility index (Phi) is 4.24. The molecule has 4 rings (SSSR count). The number of aromatic nitrogens is 3. The van der Waals surface area contributed by atoms with Crippen LogP contribution in [0.25, 0.3) is 5.82 Å². The van der Waals surface area contributed by atoms with Gasteiger partial charge in [0.25, 0.3) is 0 Å². The number of anilines is 1. The Morgan fingerprint density at radius 1 is 1.20 bits per heavy atom. The third kappa shape index (κ3) is 3.42. The number of benzene rings is 1. The average Bonchev–Trinajstić information content (AvgIpc) is 3.14. The molecule has 0 radical (unpaired) electrons. The van der Waals surface area contributed by atoms with Crippen molar-refractivity contribution in [1.82, 2.24) is 19.7 Å². The summed E-state index contributed by atoms with van der Waals surface area (Å²) in [5.41, 5.74) is 6.37. The summed E-state index contributed by atoms with van der Waals surface area (Å²) in [5, 5.41) is 7.78. The minimum Gasteiger partial charge on any atom is -0.381 e. The highest BCUT2D eigenvalue weighted by molar-refractivity contribution is 5.50. The van der Waals surface area contributed by atoms with Crippen molar-refractivity contribution in [2.45, 2.75) is 26.4 Å². The molecule has 1 aromatic carbocycles. The summed E-state index contributed by atoms with van der Waals surface area (Å²) in [7, 11) is 2.18. The Balaban J connectivity index is 1.47. The van der Waals surface area contributed by atoms with E-state index in [9.17, 15) is 0 Å². The summed E-state index contributed by atoms with van der Waals surface area (Å²) in [5.74, 6) is 0.880. The number of likely N-dealkylation sites (N-methyl/N-ethyl adjacent to an activating group) is 1. The fourth-order valence-corrected chi connectivity index (χ4v) is 3.37. The topological polar surface area (TPSA) is 46.0 Å². The minimum absolute atomic E-state index is 0.766. The van der Waals surface area contributed by atoms with Gasteiger partial charge in [-0.3, -0.25) is 0 Å². The van der Waals surface area contributed by atoms with Crippen molar-refractivity contribution in [1.29, 1.82) is 0 Å². The molecule has 1 aliphatic rings. The maximum Gasteiger partial charge on any atom is 0.156 e. The van der Waals surface area contributed by atoms with Gasteiger partial charge < -0.3 is 10.2 Å². The Labute approximate surface area is 148 Å². The van der Waals surface area contributed by atoms with Gasteiger partial charge in [0.2, 0.25) is 0 Å². The SMILES string of the molecule is Cc1cc(CNc2ccc3c(c2)CN(C)CC3)cnc1-n1cccn1. The van der Waals surface area contributed by atoms with Crippen LogP contribution in [-0.2, 0) is 19.5 Å². The number of hydrogen-bond acceptors (Lipinski definition) is 4. The number of aryl methyl sites for hydroxylation is 1. The molecular formula is C20H23N5. The maximum atomic E-state index is 4.57. The van der Waals surface area contributed by atoms with E-state index in [-0.39, 0.29) is 0 Å². The molecule has 1 N–H and O–H groups in total. The van der Waals surface area contributed by atoms with Crippen LogP contribution in [0.2, 0.25) is 0 Å². The zero-order valence-corrected chi connectivity index (χ0v) is 14.7. The lowest BCUT2D eigenvalue weighted by Crippen LogP contribution is -2.26. The van der Waals surface area contributed by atoms with Gasteiger partial charge in [0.1, 0.15) is 0 Å². The van der Waals surface area contributed by atoms with Crippen LogP contribution in [0.3, 0.4) is 0 Å². The summed E-state index contributed by atoms with van der Waals surface area (Å²) >= 11 is 0. The fourth-order valence-electron chi connectivity index (χ4n) is 3.37. The Hall–Kier alpha value is -2.66. The van der Waals surface area contributed by atoms with Crippen molar-refractivity contribution in [3.8, 4) is 5.82 Å². The molecule has 0 saturated heterocycles. The van der Waals surface area contributed by atoms with E-state index in [1.54, 1.807) is 10.9 Å². The summed E-state index contributed by atoms with van der Waals surface area (Å²) < 4.78 is 1.80. The number of hydrogen-bond donors (Lipinski definition) is 1. The molecule has 5 nitrogen and oxygen atoms in total. The van der Waals surface area contributed by atoms with Gasteiger partial charge in [-0.05, 0) is 66.9 Å². The smallest absolute Gasteiger partial charge is 0.156 e. The van der Waals surface area contributed by atoms with Crippen molar-refractivity contribution in [3.05, 3.63) is 71.2 Å². The second-order valence-electron chi connectivity index (χ2n) is 6.76. The minimum atomic E-state index is 0.766. The number of nitrogens with zero attached hydrogens (tertiary/aromatic N) is 4. The first-order chi connectivity index (χ1) is 12.2.